The molecule has 108 valence electrons. The van der Waals surface area contributed by atoms with Crippen molar-refractivity contribution in [3.63, 3.8) is 0 Å². The van der Waals surface area contributed by atoms with Crippen LogP contribution in [0.3, 0.4) is 0 Å². The van der Waals surface area contributed by atoms with Crippen molar-refractivity contribution in [1.29, 1.82) is 5.26 Å². The van der Waals surface area contributed by atoms with E-state index in [0.29, 0.717) is 3.57 Å². The molecule has 4 nitrogen and oxygen atoms in total. The topological polar surface area (TPSA) is 59.3 Å². The van der Waals surface area contributed by atoms with Crippen LogP contribution >= 0.6 is 22.6 Å². The number of ether oxygens (including phenoxy) is 2. The van der Waals surface area contributed by atoms with E-state index >= 15 is 0 Å². The predicted octanol–water partition coefficient (Wildman–Crippen LogP) is 3.17. The zero-order valence-electron chi connectivity index (χ0n) is 10.3. The van der Waals surface area contributed by atoms with Crippen LogP contribution in [0.25, 0.3) is 0 Å². The van der Waals surface area contributed by atoms with Crippen LogP contribution in [0.1, 0.15) is 18.1 Å². The van der Waals surface area contributed by atoms with Gasteiger partial charge in [-0.15, -0.1) is 13.2 Å². The second-order valence-corrected chi connectivity index (χ2v) is 4.70. The van der Waals surface area contributed by atoms with Crippen LogP contribution in [0, 0.1) is 14.9 Å². The van der Waals surface area contributed by atoms with Crippen LogP contribution in [-0.2, 0) is 16.0 Å². The third-order valence-electron chi connectivity index (χ3n) is 2.18. The fourth-order valence-electron chi connectivity index (χ4n) is 1.47. The lowest BCUT2D eigenvalue weighted by molar-refractivity contribution is -0.275. The molecule has 0 saturated heterocycles. The quantitative estimate of drug-likeness (QED) is 0.577. The van der Waals surface area contributed by atoms with E-state index in [0.717, 1.165) is 6.07 Å². The van der Waals surface area contributed by atoms with Crippen molar-refractivity contribution in [3.05, 3.63) is 26.8 Å². The molecule has 0 bridgehead atoms. The maximum absolute atomic E-state index is 12.3. The Kier molecular flexibility index (Phi) is 5.62. The fraction of sp³-hybridized carbons (Fsp3) is 0.333. The number of rotatable bonds is 4. The van der Waals surface area contributed by atoms with Gasteiger partial charge in [0.1, 0.15) is 11.8 Å². The summed E-state index contributed by atoms with van der Waals surface area (Å²) in [6.45, 7) is 1.67. The largest absolute Gasteiger partial charge is 0.573 e. The molecule has 0 aliphatic rings. The Morgan fingerprint density at radius 1 is 1.45 bits per heavy atom. The maximum Gasteiger partial charge on any atom is 0.573 e. The molecule has 0 saturated carbocycles. The number of esters is 1. The van der Waals surface area contributed by atoms with Gasteiger partial charge in [0.25, 0.3) is 0 Å². The van der Waals surface area contributed by atoms with Crippen molar-refractivity contribution in [1.82, 2.24) is 0 Å². The van der Waals surface area contributed by atoms with E-state index in [2.05, 4.69) is 9.47 Å². The maximum atomic E-state index is 12.3. The average Bonchev–Trinajstić information content (AvgIpc) is 2.32. The van der Waals surface area contributed by atoms with E-state index in [1.807, 2.05) is 0 Å². The fourth-order valence-corrected chi connectivity index (χ4v) is 2.10. The van der Waals surface area contributed by atoms with Gasteiger partial charge in [-0.25, -0.2) is 0 Å². The van der Waals surface area contributed by atoms with Gasteiger partial charge in [-0.2, -0.15) is 5.26 Å². The third kappa shape index (κ3) is 4.56. The Balaban J connectivity index is 3.24. The molecular weight excluding hydrogens is 390 g/mol. The lowest BCUT2D eigenvalue weighted by Crippen LogP contribution is -2.20. The number of hydrogen-bond donors (Lipinski definition) is 0. The molecule has 0 heterocycles. The molecule has 20 heavy (non-hydrogen) atoms. The minimum absolute atomic E-state index is 0.0274. The Labute approximate surface area is 126 Å². The van der Waals surface area contributed by atoms with Crippen molar-refractivity contribution < 1.29 is 27.4 Å². The molecule has 0 amide bonds. The Morgan fingerprint density at radius 3 is 2.60 bits per heavy atom. The molecule has 0 atom stereocenters. The molecule has 0 radical (unpaired) electrons. The number of halogens is 4. The van der Waals surface area contributed by atoms with Crippen molar-refractivity contribution in [2.75, 3.05) is 6.61 Å². The summed E-state index contributed by atoms with van der Waals surface area (Å²) < 4.78 is 45.9. The minimum Gasteiger partial charge on any atom is -0.466 e. The Morgan fingerprint density at radius 2 is 2.10 bits per heavy atom. The van der Waals surface area contributed by atoms with Gasteiger partial charge in [-0.05, 0) is 41.6 Å². The monoisotopic (exact) mass is 399 g/mol. The van der Waals surface area contributed by atoms with E-state index < -0.39 is 24.5 Å². The van der Waals surface area contributed by atoms with Gasteiger partial charge < -0.3 is 9.47 Å². The van der Waals surface area contributed by atoms with Crippen LogP contribution < -0.4 is 4.74 Å². The van der Waals surface area contributed by atoms with Crippen LogP contribution in [0.5, 0.6) is 5.75 Å². The van der Waals surface area contributed by atoms with Gasteiger partial charge in [-0.1, -0.05) is 0 Å². The van der Waals surface area contributed by atoms with Gasteiger partial charge >= 0.3 is 12.3 Å². The highest BCUT2D eigenvalue weighted by Gasteiger charge is 2.33. The standard InChI is InChI=1S/C12H9F3INO3/c1-2-19-11(18)5-7-8(6-17)9(16)3-4-10(7)20-12(13,14)15/h3-4H,2,5H2,1H3. The molecule has 0 aliphatic heterocycles. The molecular formula is C12H9F3INO3. The predicted molar refractivity (Wildman–Crippen MR) is 70.9 cm³/mol. The summed E-state index contributed by atoms with van der Waals surface area (Å²) in [7, 11) is 0. The number of benzene rings is 1. The summed E-state index contributed by atoms with van der Waals surface area (Å²) in [5, 5.41) is 9.02. The van der Waals surface area contributed by atoms with Gasteiger partial charge in [0.15, 0.2) is 0 Å². The Hall–Kier alpha value is -1.50. The summed E-state index contributed by atoms with van der Waals surface area (Å²) in [6, 6.07) is 4.16. The summed E-state index contributed by atoms with van der Waals surface area (Å²) >= 11 is 1.80. The highest BCUT2D eigenvalue weighted by molar-refractivity contribution is 14.1. The van der Waals surface area contributed by atoms with E-state index in [-0.39, 0.29) is 17.7 Å². The summed E-state index contributed by atoms with van der Waals surface area (Å²) in [5.41, 5.74) is -0.157. The molecule has 0 fully saturated rings. The first-order valence-corrected chi connectivity index (χ1v) is 6.49. The van der Waals surface area contributed by atoms with Crippen LogP contribution in [0.4, 0.5) is 13.2 Å². The highest BCUT2D eigenvalue weighted by atomic mass is 127. The number of nitriles is 1. The number of hydrogen-bond acceptors (Lipinski definition) is 4. The van der Waals surface area contributed by atoms with Gasteiger partial charge in [0.05, 0.1) is 18.6 Å². The first-order chi connectivity index (χ1) is 9.28. The van der Waals surface area contributed by atoms with Crippen LogP contribution in [-0.4, -0.2) is 18.9 Å². The molecule has 0 aromatic heterocycles. The van der Waals surface area contributed by atoms with Gasteiger partial charge in [0.2, 0.25) is 0 Å². The number of nitrogens with zero attached hydrogens (tertiary/aromatic N) is 1. The van der Waals surface area contributed by atoms with Crippen LogP contribution in [0.2, 0.25) is 0 Å². The summed E-state index contributed by atoms with van der Waals surface area (Å²) in [6.07, 6.45) is -5.36. The van der Waals surface area contributed by atoms with Crippen molar-refractivity contribution >= 4 is 28.6 Å². The summed E-state index contributed by atoms with van der Waals surface area (Å²) in [5.74, 6) is -1.29. The van der Waals surface area contributed by atoms with E-state index in [4.69, 9.17) is 5.26 Å². The summed E-state index contributed by atoms with van der Waals surface area (Å²) in [4.78, 5) is 11.4. The zero-order chi connectivity index (χ0) is 15.3. The average molecular weight is 399 g/mol. The smallest absolute Gasteiger partial charge is 0.466 e. The molecule has 1 aromatic rings. The second kappa shape index (κ2) is 6.78. The minimum atomic E-state index is -4.90. The third-order valence-corrected chi connectivity index (χ3v) is 3.08. The first-order valence-electron chi connectivity index (χ1n) is 5.41. The molecule has 0 spiro atoms. The van der Waals surface area contributed by atoms with Gasteiger partial charge in [0, 0.05) is 9.13 Å². The second-order valence-electron chi connectivity index (χ2n) is 3.54. The van der Waals surface area contributed by atoms with E-state index in [1.165, 1.54) is 6.07 Å². The molecule has 0 aliphatic carbocycles. The van der Waals surface area contributed by atoms with E-state index in [9.17, 15) is 18.0 Å². The number of carbonyl (C=O) groups is 1. The molecule has 8 heteroatoms. The molecule has 0 N–H and O–H groups in total. The van der Waals surface area contributed by atoms with Crippen molar-refractivity contribution in [2.45, 2.75) is 19.7 Å². The van der Waals surface area contributed by atoms with E-state index in [1.54, 1.807) is 35.6 Å². The van der Waals surface area contributed by atoms with Crippen molar-refractivity contribution in [2.24, 2.45) is 0 Å². The molecule has 1 rings (SSSR count). The molecule has 1 aromatic carbocycles. The van der Waals surface area contributed by atoms with Crippen molar-refractivity contribution in [3.8, 4) is 11.8 Å². The van der Waals surface area contributed by atoms with Crippen LogP contribution in [0.15, 0.2) is 12.1 Å². The normalized spacial score (nSPS) is 10.8. The number of carbonyl (C=O) groups excluding carboxylic acids is 1. The van der Waals surface area contributed by atoms with Gasteiger partial charge in [-0.3, -0.25) is 4.79 Å². The highest BCUT2D eigenvalue weighted by Crippen LogP contribution is 2.31. The number of alkyl halides is 3. The lowest BCUT2D eigenvalue weighted by atomic mass is 10.0. The molecule has 0 unspecified atom stereocenters. The Bertz CT molecular complexity index is 552. The zero-order valence-corrected chi connectivity index (χ0v) is 12.4. The lowest BCUT2D eigenvalue weighted by Gasteiger charge is -2.14. The SMILES string of the molecule is CCOC(=O)Cc1c(OC(F)(F)F)ccc(I)c1C#N. The first kappa shape index (κ1) is 16.6.